The second-order valence-corrected chi connectivity index (χ2v) is 6.68. The Morgan fingerprint density at radius 2 is 2.36 bits per heavy atom. The first-order chi connectivity index (χ1) is 10.5. The van der Waals surface area contributed by atoms with E-state index in [0.717, 1.165) is 31.4 Å². The SMILES string of the molecule is CCCc1cc(=O)[nH]c(SCC(=O)N[C@@](C)(C#N)C2CC2)n1. The van der Waals surface area contributed by atoms with E-state index in [9.17, 15) is 14.9 Å². The lowest BCUT2D eigenvalue weighted by Crippen LogP contribution is -2.47. The normalized spacial score (nSPS) is 16.6. The number of aromatic amines is 1. The smallest absolute Gasteiger partial charge is 0.251 e. The predicted octanol–water partition coefficient (Wildman–Crippen LogP) is 1.62. The van der Waals surface area contributed by atoms with Gasteiger partial charge >= 0.3 is 0 Å². The highest BCUT2D eigenvalue weighted by Crippen LogP contribution is 2.39. The van der Waals surface area contributed by atoms with Gasteiger partial charge in [-0.2, -0.15) is 5.26 Å². The van der Waals surface area contributed by atoms with Gasteiger partial charge in [0.15, 0.2) is 5.16 Å². The molecule has 0 unspecified atom stereocenters. The number of H-pyrrole nitrogens is 1. The van der Waals surface area contributed by atoms with Gasteiger partial charge in [-0.25, -0.2) is 4.98 Å². The third-order valence-corrected chi connectivity index (χ3v) is 4.52. The number of carbonyl (C=O) groups excluding carboxylic acids is 1. The molecule has 1 saturated carbocycles. The average molecular weight is 320 g/mol. The van der Waals surface area contributed by atoms with Gasteiger partial charge in [-0.05, 0) is 32.1 Å². The van der Waals surface area contributed by atoms with Gasteiger partial charge in [0.2, 0.25) is 5.91 Å². The van der Waals surface area contributed by atoms with Crippen molar-refractivity contribution in [2.75, 3.05) is 5.75 Å². The van der Waals surface area contributed by atoms with E-state index in [2.05, 4.69) is 21.4 Å². The molecular weight excluding hydrogens is 300 g/mol. The van der Waals surface area contributed by atoms with Crippen LogP contribution in [0, 0.1) is 17.2 Å². The van der Waals surface area contributed by atoms with Gasteiger partial charge in [-0.15, -0.1) is 0 Å². The fraction of sp³-hybridized carbons (Fsp3) is 0.600. The summed E-state index contributed by atoms with van der Waals surface area (Å²) in [5.74, 6) is 0.157. The molecule has 1 aromatic heterocycles. The molecule has 2 rings (SSSR count). The topological polar surface area (TPSA) is 98.6 Å². The zero-order chi connectivity index (χ0) is 16.2. The highest BCUT2D eigenvalue weighted by molar-refractivity contribution is 7.99. The zero-order valence-corrected chi connectivity index (χ0v) is 13.6. The summed E-state index contributed by atoms with van der Waals surface area (Å²) in [6.45, 7) is 3.78. The lowest BCUT2D eigenvalue weighted by atomic mass is 9.98. The van der Waals surface area contributed by atoms with Crippen LogP contribution in [0.1, 0.15) is 38.8 Å². The van der Waals surface area contributed by atoms with E-state index in [1.165, 1.54) is 17.8 Å². The van der Waals surface area contributed by atoms with Gasteiger partial charge in [-0.3, -0.25) is 9.59 Å². The summed E-state index contributed by atoms with van der Waals surface area (Å²) < 4.78 is 0. The number of rotatable bonds is 7. The van der Waals surface area contributed by atoms with Crippen LogP contribution >= 0.6 is 11.8 Å². The zero-order valence-electron chi connectivity index (χ0n) is 12.8. The van der Waals surface area contributed by atoms with Crippen LogP contribution < -0.4 is 10.9 Å². The molecular formula is C15H20N4O2S. The fourth-order valence-corrected chi connectivity index (χ4v) is 2.97. The van der Waals surface area contributed by atoms with Crippen LogP contribution in [0.3, 0.4) is 0 Å². The molecule has 1 atom stereocenters. The number of carbonyl (C=O) groups is 1. The molecule has 0 aromatic carbocycles. The quantitative estimate of drug-likeness (QED) is 0.587. The van der Waals surface area contributed by atoms with E-state index in [1.807, 2.05) is 6.92 Å². The molecule has 1 aliphatic carbocycles. The molecule has 0 radical (unpaired) electrons. The monoisotopic (exact) mass is 320 g/mol. The second-order valence-electron chi connectivity index (χ2n) is 5.72. The molecule has 1 aliphatic rings. The van der Waals surface area contributed by atoms with Crippen LogP contribution in [-0.2, 0) is 11.2 Å². The molecule has 6 nitrogen and oxygen atoms in total. The van der Waals surface area contributed by atoms with Crippen LogP contribution in [0.15, 0.2) is 16.0 Å². The summed E-state index contributed by atoms with van der Waals surface area (Å²) in [6, 6.07) is 3.67. The molecule has 2 N–H and O–H groups in total. The molecule has 118 valence electrons. The molecule has 0 bridgehead atoms. The number of thioether (sulfide) groups is 1. The molecule has 0 spiro atoms. The standard InChI is InChI=1S/C15H20N4O2S/c1-3-4-11-7-12(20)18-14(17-11)22-8-13(21)19-15(2,9-16)10-5-6-10/h7,10H,3-6,8H2,1-2H3,(H,19,21)(H,17,18,20)/t15-/m0/s1. The maximum absolute atomic E-state index is 12.0. The van der Waals surface area contributed by atoms with E-state index in [0.29, 0.717) is 5.16 Å². The Balaban J connectivity index is 1.93. The second kappa shape index (κ2) is 6.97. The highest BCUT2D eigenvalue weighted by atomic mass is 32.2. The molecule has 1 fully saturated rings. The summed E-state index contributed by atoms with van der Waals surface area (Å²) in [6.07, 6.45) is 3.59. The lowest BCUT2D eigenvalue weighted by Gasteiger charge is -2.22. The first kappa shape index (κ1) is 16.6. The first-order valence-corrected chi connectivity index (χ1v) is 8.40. The molecule has 0 saturated heterocycles. The number of nitriles is 1. The third kappa shape index (κ3) is 4.34. The molecule has 1 heterocycles. The van der Waals surface area contributed by atoms with Gasteiger partial charge in [0.25, 0.3) is 5.56 Å². The number of hydrogen-bond acceptors (Lipinski definition) is 5. The first-order valence-electron chi connectivity index (χ1n) is 7.42. The van der Waals surface area contributed by atoms with E-state index in [1.54, 1.807) is 6.92 Å². The van der Waals surface area contributed by atoms with E-state index in [4.69, 9.17) is 0 Å². The van der Waals surface area contributed by atoms with Gasteiger partial charge in [0, 0.05) is 11.8 Å². The van der Waals surface area contributed by atoms with Crippen molar-refractivity contribution in [2.45, 2.75) is 50.2 Å². The maximum atomic E-state index is 12.0. The highest BCUT2D eigenvalue weighted by Gasteiger charge is 2.42. The summed E-state index contributed by atoms with van der Waals surface area (Å²) in [7, 11) is 0. The Morgan fingerprint density at radius 3 is 2.95 bits per heavy atom. The number of aryl methyl sites for hydroxylation is 1. The van der Waals surface area contributed by atoms with Crippen molar-refractivity contribution in [3.63, 3.8) is 0 Å². The van der Waals surface area contributed by atoms with Crippen molar-refractivity contribution in [3.05, 3.63) is 22.1 Å². The Hall–Kier alpha value is -1.81. The number of nitrogens with zero attached hydrogens (tertiary/aromatic N) is 2. The molecule has 22 heavy (non-hydrogen) atoms. The minimum absolute atomic E-state index is 0.127. The maximum Gasteiger partial charge on any atom is 0.251 e. The number of nitrogens with one attached hydrogen (secondary N) is 2. The minimum atomic E-state index is -0.789. The Bertz CT molecular complexity index is 648. The third-order valence-electron chi connectivity index (χ3n) is 3.64. The summed E-state index contributed by atoms with van der Waals surface area (Å²) in [5, 5.41) is 12.5. The average Bonchev–Trinajstić information content (AvgIpc) is 3.30. The van der Waals surface area contributed by atoms with Crippen molar-refractivity contribution < 1.29 is 4.79 Å². The van der Waals surface area contributed by atoms with Crippen LogP contribution in [0.25, 0.3) is 0 Å². The van der Waals surface area contributed by atoms with Crippen molar-refractivity contribution in [1.82, 2.24) is 15.3 Å². The largest absolute Gasteiger partial charge is 0.337 e. The molecule has 7 heteroatoms. The summed E-state index contributed by atoms with van der Waals surface area (Å²) in [5.41, 5.74) is -0.266. The van der Waals surface area contributed by atoms with E-state index in [-0.39, 0.29) is 23.1 Å². The van der Waals surface area contributed by atoms with Gasteiger partial charge in [0.05, 0.1) is 11.8 Å². The molecule has 0 aliphatic heterocycles. The van der Waals surface area contributed by atoms with Gasteiger partial charge < -0.3 is 10.3 Å². The van der Waals surface area contributed by atoms with Crippen LogP contribution in [0.5, 0.6) is 0 Å². The van der Waals surface area contributed by atoms with Crippen molar-refractivity contribution in [3.8, 4) is 6.07 Å². The summed E-state index contributed by atoms with van der Waals surface area (Å²) >= 11 is 1.18. The van der Waals surface area contributed by atoms with E-state index < -0.39 is 5.54 Å². The number of hydrogen-bond donors (Lipinski definition) is 2. The van der Waals surface area contributed by atoms with Gasteiger partial charge in [0.1, 0.15) is 5.54 Å². The Morgan fingerprint density at radius 1 is 1.64 bits per heavy atom. The van der Waals surface area contributed by atoms with Crippen molar-refractivity contribution in [2.24, 2.45) is 5.92 Å². The molecule has 1 amide bonds. The number of amides is 1. The summed E-state index contributed by atoms with van der Waals surface area (Å²) in [4.78, 5) is 30.5. The van der Waals surface area contributed by atoms with Crippen LogP contribution in [-0.4, -0.2) is 27.2 Å². The van der Waals surface area contributed by atoms with Gasteiger partial charge in [-0.1, -0.05) is 25.1 Å². The number of aromatic nitrogens is 2. The lowest BCUT2D eigenvalue weighted by molar-refractivity contribution is -0.119. The minimum Gasteiger partial charge on any atom is -0.337 e. The van der Waals surface area contributed by atoms with Crippen LogP contribution in [0.4, 0.5) is 0 Å². The predicted molar refractivity (Wildman–Crippen MR) is 84.5 cm³/mol. The van der Waals surface area contributed by atoms with Crippen molar-refractivity contribution >= 4 is 17.7 Å². The van der Waals surface area contributed by atoms with Crippen LogP contribution in [0.2, 0.25) is 0 Å². The van der Waals surface area contributed by atoms with Crippen molar-refractivity contribution in [1.29, 1.82) is 5.26 Å². The Kier molecular flexibility index (Phi) is 5.24. The van der Waals surface area contributed by atoms with E-state index >= 15 is 0 Å². The fourth-order valence-electron chi connectivity index (χ4n) is 2.28. The molecule has 1 aromatic rings. The Labute approximate surface area is 133 Å².